The molecule has 0 N–H and O–H groups in total. The third-order valence-corrected chi connectivity index (χ3v) is 4.88. The summed E-state index contributed by atoms with van der Waals surface area (Å²) in [5.41, 5.74) is 0.599. The van der Waals surface area contributed by atoms with Gasteiger partial charge in [-0.2, -0.15) is 0 Å². The van der Waals surface area contributed by atoms with Gasteiger partial charge in [0.1, 0.15) is 6.04 Å². The average molecular weight is 358 g/mol. The molecule has 4 nitrogen and oxygen atoms in total. The summed E-state index contributed by atoms with van der Waals surface area (Å²) in [5.74, 6) is -0.406. The van der Waals surface area contributed by atoms with Gasteiger partial charge in [-0.05, 0) is 43.4 Å². The molecule has 1 fully saturated rings. The van der Waals surface area contributed by atoms with Crippen molar-refractivity contribution >= 4 is 35.1 Å². The van der Waals surface area contributed by atoms with Crippen molar-refractivity contribution in [3.63, 3.8) is 0 Å². The number of esters is 1. The predicted molar refractivity (Wildman–Crippen MR) is 90.7 cm³/mol. The first-order chi connectivity index (χ1) is 11.0. The Kier molecular flexibility index (Phi) is 6.31. The van der Waals surface area contributed by atoms with Crippen LogP contribution in [0, 0.1) is 5.92 Å². The minimum Gasteiger partial charge on any atom is -0.464 e. The molecule has 0 radical (unpaired) electrons. The van der Waals surface area contributed by atoms with Crippen molar-refractivity contribution in [1.82, 2.24) is 4.90 Å². The second-order valence-corrected chi connectivity index (χ2v) is 6.59. The molecule has 2 rings (SSSR count). The highest BCUT2D eigenvalue weighted by Gasteiger charge is 2.38. The number of carbonyl (C=O) groups is 2. The van der Waals surface area contributed by atoms with Crippen molar-refractivity contribution in [3.05, 3.63) is 33.8 Å². The molecule has 6 heteroatoms. The summed E-state index contributed by atoms with van der Waals surface area (Å²) in [7, 11) is 0. The maximum atomic E-state index is 12.7. The van der Waals surface area contributed by atoms with Crippen LogP contribution in [0.4, 0.5) is 0 Å². The van der Waals surface area contributed by atoms with E-state index >= 15 is 0 Å². The first-order valence-corrected chi connectivity index (χ1v) is 8.60. The van der Waals surface area contributed by atoms with E-state index in [9.17, 15) is 9.59 Å². The van der Waals surface area contributed by atoms with Crippen LogP contribution in [-0.4, -0.2) is 36.0 Å². The molecular formula is C17H21Cl2NO3. The fourth-order valence-corrected chi connectivity index (χ4v) is 3.54. The van der Waals surface area contributed by atoms with Gasteiger partial charge in [-0.15, -0.1) is 0 Å². The lowest BCUT2D eigenvalue weighted by atomic mass is 9.90. The zero-order valence-electron chi connectivity index (χ0n) is 13.4. The summed E-state index contributed by atoms with van der Waals surface area (Å²) < 4.78 is 5.14. The number of hydrogen-bond donors (Lipinski definition) is 0. The average Bonchev–Trinajstić information content (AvgIpc) is 2.50. The van der Waals surface area contributed by atoms with Gasteiger partial charge < -0.3 is 9.64 Å². The summed E-state index contributed by atoms with van der Waals surface area (Å²) in [6.07, 6.45) is 1.86. The second kappa shape index (κ2) is 8.02. The van der Waals surface area contributed by atoms with E-state index in [2.05, 4.69) is 0 Å². The molecule has 1 saturated heterocycles. The van der Waals surface area contributed by atoms with E-state index in [-0.39, 0.29) is 24.2 Å². The molecule has 126 valence electrons. The highest BCUT2D eigenvalue weighted by Crippen LogP contribution is 2.28. The molecule has 1 aliphatic heterocycles. The Morgan fingerprint density at radius 2 is 1.96 bits per heavy atom. The van der Waals surface area contributed by atoms with E-state index in [0.717, 1.165) is 12.8 Å². The summed E-state index contributed by atoms with van der Waals surface area (Å²) >= 11 is 12.3. The maximum absolute atomic E-state index is 12.7. The summed E-state index contributed by atoms with van der Waals surface area (Å²) in [6.45, 7) is 4.60. The van der Waals surface area contributed by atoms with E-state index in [1.54, 1.807) is 30.0 Å². The second-order valence-electron chi connectivity index (χ2n) is 5.78. The largest absolute Gasteiger partial charge is 0.464 e. The Labute approximate surface area is 146 Å². The Morgan fingerprint density at radius 1 is 1.30 bits per heavy atom. The van der Waals surface area contributed by atoms with Crippen LogP contribution >= 0.6 is 23.2 Å². The lowest BCUT2D eigenvalue weighted by molar-refractivity contribution is -0.159. The van der Waals surface area contributed by atoms with Crippen LogP contribution in [-0.2, 0) is 20.7 Å². The predicted octanol–water partition coefficient (Wildman–Crippen LogP) is 3.73. The Hall–Kier alpha value is -1.26. The zero-order valence-corrected chi connectivity index (χ0v) is 14.9. The Morgan fingerprint density at radius 3 is 2.57 bits per heavy atom. The molecule has 2 unspecified atom stereocenters. The number of halogens is 2. The number of hydrogen-bond acceptors (Lipinski definition) is 3. The van der Waals surface area contributed by atoms with Gasteiger partial charge >= 0.3 is 5.97 Å². The molecule has 1 heterocycles. The van der Waals surface area contributed by atoms with Crippen LogP contribution in [0.5, 0.6) is 0 Å². The number of piperidine rings is 1. The standard InChI is InChI=1S/C17H21Cl2NO3/c1-3-23-17(22)16-11(2)6-5-9-20(16)15(21)10-12-13(18)7-4-8-14(12)19/h4,7-8,11,16H,3,5-6,9-10H2,1-2H3. The number of nitrogens with zero attached hydrogens (tertiary/aromatic N) is 1. The molecule has 0 saturated carbocycles. The Balaban J connectivity index is 2.20. The first kappa shape index (κ1) is 18.1. The van der Waals surface area contributed by atoms with Crippen molar-refractivity contribution in [2.24, 2.45) is 5.92 Å². The normalized spacial score (nSPS) is 21.1. The zero-order chi connectivity index (χ0) is 17.0. The molecule has 1 aliphatic rings. The van der Waals surface area contributed by atoms with Crippen LogP contribution < -0.4 is 0 Å². The summed E-state index contributed by atoms with van der Waals surface area (Å²) in [5, 5.41) is 0.923. The van der Waals surface area contributed by atoms with Gasteiger partial charge in [-0.3, -0.25) is 4.79 Å². The van der Waals surface area contributed by atoms with Gasteiger partial charge in [-0.25, -0.2) is 4.79 Å². The Bertz CT molecular complexity index is 571. The topological polar surface area (TPSA) is 46.6 Å². The van der Waals surface area contributed by atoms with Crippen molar-refractivity contribution < 1.29 is 14.3 Å². The van der Waals surface area contributed by atoms with Crippen LogP contribution in [0.25, 0.3) is 0 Å². The SMILES string of the molecule is CCOC(=O)C1C(C)CCCN1C(=O)Cc1c(Cl)cccc1Cl. The van der Waals surface area contributed by atoms with Crippen molar-refractivity contribution in [3.8, 4) is 0 Å². The van der Waals surface area contributed by atoms with Gasteiger partial charge in [-0.1, -0.05) is 36.2 Å². The van der Waals surface area contributed by atoms with Gasteiger partial charge in [0.2, 0.25) is 5.91 Å². The van der Waals surface area contributed by atoms with Gasteiger partial charge in [0.15, 0.2) is 0 Å². The summed E-state index contributed by atoms with van der Waals surface area (Å²) in [4.78, 5) is 26.6. The van der Waals surface area contributed by atoms with Gasteiger partial charge in [0, 0.05) is 16.6 Å². The van der Waals surface area contributed by atoms with Crippen molar-refractivity contribution in [1.29, 1.82) is 0 Å². The number of amides is 1. The van der Waals surface area contributed by atoms with Crippen molar-refractivity contribution in [2.75, 3.05) is 13.2 Å². The van der Waals surface area contributed by atoms with Crippen molar-refractivity contribution in [2.45, 2.75) is 39.2 Å². The monoisotopic (exact) mass is 357 g/mol. The first-order valence-electron chi connectivity index (χ1n) is 7.84. The fraction of sp³-hybridized carbons (Fsp3) is 0.529. The number of benzene rings is 1. The van der Waals surface area contributed by atoms with E-state index in [1.165, 1.54) is 0 Å². The van der Waals surface area contributed by atoms with Crippen LogP contribution in [0.1, 0.15) is 32.3 Å². The lowest BCUT2D eigenvalue weighted by Crippen LogP contribution is -2.53. The molecule has 0 aromatic heterocycles. The number of carbonyl (C=O) groups excluding carboxylic acids is 2. The molecule has 1 aromatic rings. The third kappa shape index (κ3) is 4.18. The van der Waals surface area contributed by atoms with E-state index in [1.807, 2.05) is 6.92 Å². The lowest BCUT2D eigenvalue weighted by Gasteiger charge is -2.38. The molecule has 0 bridgehead atoms. The van der Waals surface area contributed by atoms with E-state index in [4.69, 9.17) is 27.9 Å². The quantitative estimate of drug-likeness (QED) is 0.771. The number of ether oxygens (including phenoxy) is 1. The molecule has 1 amide bonds. The summed E-state index contributed by atoms with van der Waals surface area (Å²) in [6, 6.07) is 4.62. The van der Waals surface area contributed by atoms with Crippen LogP contribution in [0.3, 0.4) is 0 Å². The number of likely N-dealkylation sites (tertiary alicyclic amines) is 1. The van der Waals surface area contributed by atoms with Crippen LogP contribution in [0.15, 0.2) is 18.2 Å². The molecule has 23 heavy (non-hydrogen) atoms. The van der Waals surface area contributed by atoms with Gasteiger partial charge in [0.05, 0.1) is 13.0 Å². The van der Waals surface area contributed by atoms with E-state index in [0.29, 0.717) is 28.8 Å². The minimum absolute atomic E-state index is 0.0773. The van der Waals surface area contributed by atoms with E-state index < -0.39 is 6.04 Å². The maximum Gasteiger partial charge on any atom is 0.329 e. The third-order valence-electron chi connectivity index (χ3n) is 4.17. The highest BCUT2D eigenvalue weighted by atomic mass is 35.5. The fourth-order valence-electron chi connectivity index (χ4n) is 3.01. The smallest absolute Gasteiger partial charge is 0.329 e. The molecule has 2 atom stereocenters. The molecule has 1 aromatic carbocycles. The molecule has 0 spiro atoms. The highest BCUT2D eigenvalue weighted by molar-refractivity contribution is 6.36. The number of rotatable bonds is 4. The molecular weight excluding hydrogens is 337 g/mol. The minimum atomic E-state index is -0.530. The molecule has 0 aliphatic carbocycles. The van der Waals surface area contributed by atoms with Gasteiger partial charge in [0.25, 0.3) is 0 Å². The van der Waals surface area contributed by atoms with Crippen LogP contribution in [0.2, 0.25) is 10.0 Å².